The number of nitrogens with zero attached hydrogens (tertiary/aromatic N) is 2. The fraction of sp³-hybridized carbons (Fsp3) is 0.231. The van der Waals surface area contributed by atoms with Gasteiger partial charge in [0.25, 0.3) is 5.69 Å². The van der Waals surface area contributed by atoms with Gasteiger partial charge in [-0.25, -0.2) is 9.78 Å². The Morgan fingerprint density at radius 3 is 2.70 bits per heavy atom. The highest BCUT2D eigenvalue weighted by Crippen LogP contribution is 2.18. The van der Waals surface area contributed by atoms with Crippen LogP contribution in [0.4, 0.5) is 5.69 Å². The van der Waals surface area contributed by atoms with E-state index >= 15 is 0 Å². The van der Waals surface area contributed by atoms with E-state index < -0.39 is 10.9 Å². The van der Waals surface area contributed by atoms with Gasteiger partial charge >= 0.3 is 5.97 Å². The molecule has 104 valence electrons. The quantitative estimate of drug-likeness (QED) is 0.481. The molecule has 0 radical (unpaired) electrons. The van der Waals surface area contributed by atoms with Crippen LogP contribution < -0.4 is 0 Å². The summed E-state index contributed by atoms with van der Waals surface area (Å²) in [7, 11) is 0. The topological polar surface area (TPSA) is 82.3 Å². The van der Waals surface area contributed by atoms with E-state index in [4.69, 9.17) is 4.74 Å². The lowest BCUT2D eigenvalue weighted by atomic mass is 10.1. The van der Waals surface area contributed by atoms with Gasteiger partial charge in [0.2, 0.25) is 0 Å². The first-order valence-corrected chi connectivity index (χ1v) is 6.83. The second-order valence-corrected chi connectivity index (χ2v) is 4.89. The maximum absolute atomic E-state index is 11.5. The van der Waals surface area contributed by atoms with E-state index in [1.54, 1.807) is 24.4 Å². The zero-order valence-electron chi connectivity index (χ0n) is 10.7. The second-order valence-electron chi connectivity index (χ2n) is 3.95. The van der Waals surface area contributed by atoms with Crippen molar-refractivity contribution < 1.29 is 14.5 Å². The first kappa shape index (κ1) is 14.1. The molecule has 0 bridgehead atoms. The van der Waals surface area contributed by atoms with Gasteiger partial charge in [-0.05, 0) is 12.5 Å². The van der Waals surface area contributed by atoms with Crippen molar-refractivity contribution in [3.05, 3.63) is 56.0 Å². The van der Waals surface area contributed by atoms with Crippen LogP contribution in [0.15, 0.2) is 29.6 Å². The van der Waals surface area contributed by atoms with Crippen LogP contribution in [0, 0.1) is 10.1 Å². The van der Waals surface area contributed by atoms with E-state index in [2.05, 4.69) is 4.98 Å². The lowest BCUT2D eigenvalue weighted by Crippen LogP contribution is -2.05. The number of benzene rings is 1. The van der Waals surface area contributed by atoms with Crippen LogP contribution in [0.25, 0.3) is 0 Å². The summed E-state index contributed by atoms with van der Waals surface area (Å²) in [4.78, 5) is 25.8. The summed E-state index contributed by atoms with van der Waals surface area (Å²) in [5.74, 6) is -0.432. The Kier molecular flexibility index (Phi) is 4.41. The Morgan fingerprint density at radius 1 is 1.40 bits per heavy atom. The van der Waals surface area contributed by atoms with Crippen LogP contribution in [0.1, 0.15) is 28.0 Å². The molecular weight excluding hydrogens is 280 g/mol. The summed E-state index contributed by atoms with van der Waals surface area (Å²) >= 11 is 1.36. The largest absolute Gasteiger partial charge is 0.461 e. The van der Waals surface area contributed by atoms with Gasteiger partial charge in [-0.1, -0.05) is 12.1 Å². The number of hydrogen-bond acceptors (Lipinski definition) is 6. The second kappa shape index (κ2) is 6.25. The molecule has 0 aliphatic carbocycles. The molecule has 2 rings (SSSR count). The number of non-ortho nitro benzene ring substituents is 1. The maximum Gasteiger partial charge on any atom is 0.357 e. The number of aromatic nitrogens is 1. The fourth-order valence-electron chi connectivity index (χ4n) is 1.60. The van der Waals surface area contributed by atoms with Crippen molar-refractivity contribution in [1.29, 1.82) is 0 Å². The first-order valence-electron chi connectivity index (χ1n) is 5.95. The van der Waals surface area contributed by atoms with Gasteiger partial charge < -0.3 is 4.74 Å². The minimum Gasteiger partial charge on any atom is -0.461 e. The third-order valence-electron chi connectivity index (χ3n) is 2.54. The molecule has 0 spiro atoms. The van der Waals surface area contributed by atoms with Gasteiger partial charge in [-0.3, -0.25) is 10.1 Å². The van der Waals surface area contributed by atoms with E-state index in [1.165, 1.54) is 23.5 Å². The van der Waals surface area contributed by atoms with Crippen LogP contribution in [-0.2, 0) is 11.2 Å². The van der Waals surface area contributed by atoms with Crippen LogP contribution >= 0.6 is 11.3 Å². The molecular formula is C13H12N2O4S. The van der Waals surface area contributed by atoms with Crippen molar-refractivity contribution in [2.45, 2.75) is 13.3 Å². The average Bonchev–Trinajstić information content (AvgIpc) is 2.88. The van der Waals surface area contributed by atoms with E-state index in [1.807, 2.05) is 0 Å². The normalized spacial score (nSPS) is 10.2. The third-order valence-corrected chi connectivity index (χ3v) is 3.39. The Bertz CT molecular complexity index is 622. The molecule has 1 heterocycles. The summed E-state index contributed by atoms with van der Waals surface area (Å²) in [5.41, 5.74) is 1.26. The predicted molar refractivity (Wildman–Crippen MR) is 74.0 cm³/mol. The number of ether oxygens (including phenoxy) is 1. The highest BCUT2D eigenvalue weighted by molar-refractivity contribution is 7.09. The van der Waals surface area contributed by atoms with Crippen molar-refractivity contribution in [3.63, 3.8) is 0 Å². The Hall–Kier alpha value is -2.28. The van der Waals surface area contributed by atoms with Gasteiger partial charge in [-0.2, -0.15) is 0 Å². The van der Waals surface area contributed by atoms with Gasteiger partial charge in [0.1, 0.15) is 0 Å². The van der Waals surface area contributed by atoms with Crippen molar-refractivity contribution in [1.82, 2.24) is 4.98 Å². The van der Waals surface area contributed by atoms with Crippen molar-refractivity contribution in [3.8, 4) is 0 Å². The van der Waals surface area contributed by atoms with Crippen LogP contribution in [0.2, 0.25) is 0 Å². The SMILES string of the molecule is CCOC(=O)c1csc(Cc2ccc([N+](=O)[O-])cc2)n1. The number of nitro benzene ring substituents is 1. The van der Waals surface area contributed by atoms with Crippen LogP contribution in [0.3, 0.4) is 0 Å². The molecule has 0 unspecified atom stereocenters. The molecule has 0 amide bonds. The molecule has 0 atom stereocenters. The predicted octanol–water partition coefficient (Wildman–Crippen LogP) is 2.82. The summed E-state index contributed by atoms with van der Waals surface area (Å²) in [6.07, 6.45) is 0.530. The standard InChI is InChI=1S/C13H12N2O4S/c1-2-19-13(16)11-8-20-12(14-11)7-9-3-5-10(6-4-9)15(17)18/h3-6,8H,2,7H2,1H3. The Balaban J connectivity index is 2.06. The molecule has 2 aromatic rings. The Morgan fingerprint density at radius 2 is 2.10 bits per heavy atom. The zero-order chi connectivity index (χ0) is 14.5. The summed E-state index contributed by atoms with van der Waals surface area (Å²) in [6, 6.07) is 6.28. The molecule has 0 aliphatic heterocycles. The minimum atomic E-state index is -0.438. The third kappa shape index (κ3) is 3.39. The highest BCUT2D eigenvalue weighted by Gasteiger charge is 2.12. The van der Waals surface area contributed by atoms with E-state index in [-0.39, 0.29) is 5.69 Å². The van der Waals surface area contributed by atoms with Crippen LogP contribution in [0.5, 0.6) is 0 Å². The number of thiazole rings is 1. The lowest BCUT2D eigenvalue weighted by molar-refractivity contribution is -0.384. The number of nitro groups is 1. The zero-order valence-corrected chi connectivity index (χ0v) is 11.6. The molecule has 7 heteroatoms. The van der Waals surface area contributed by atoms with E-state index in [0.717, 1.165) is 10.6 Å². The summed E-state index contributed by atoms with van der Waals surface area (Å²) in [6.45, 7) is 2.05. The van der Waals surface area contributed by atoms with Gasteiger partial charge in [0, 0.05) is 23.9 Å². The number of esters is 1. The number of carbonyl (C=O) groups excluding carboxylic acids is 1. The summed E-state index contributed by atoms with van der Waals surface area (Å²) < 4.78 is 4.86. The smallest absolute Gasteiger partial charge is 0.357 e. The molecule has 0 fully saturated rings. The molecule has 6 nitrogen and oxygen atoms in total. The monoisotopic (exact) mass is 292 g/mol. The molecule has 0 N–H and O–H groups in total. The molecule has 0 saturated heterocycles. The average molecular weight is 292 g/mol. The minimum absolute atomic E-state index is 0.0556. The fourth-order valence-corrected chi connectivity index (χ4v) is 2.40. The van der Waals surface area contributed by atoms with Crippen molar-refractivity contribution in [2.75, 3.05) is 6.61 Å². The van der Waals surface area contributed by atoms with E-state index in [0.29, 0.717) is 18.7 Å². The molecule has 1 aromatic carbocycles. The van der Waals surface area contributed by atoms with Gasteiger partial charge in [-0.15, -0.1) is 11.3 Å². The Labute approximate surface area is 119 Å². The molecule has 1 aromatic heterocycles. The molecule has 20 heavy (non-hydrogen) atoms. The van der Waals surface area contributed by atoms with E-state index in [9.17, 15) is 14.9 Å². The number of rotatable bonds is 5. The van der Waals surface area contributed by atoms with Crippen molar-refractivity contribution >= 4 is 23.0 Å². The highest BCUT2D eigenvalue weighted by atomic mass is 32.1. The molecule has 0 aliphatic rings. The molecule has 0 saturated carbocycles. The lowest BCUT2D eigenvalue weighted by Gasteiger charge is -1.98. The maximum atomic E-state index is 11.5. The number of hydrogen-bond donors (Lipinski definition) is 0. The summed E-state index contributed by atoms with van der Waals surface area (Å²) in [5, 5.41) is 13.0. The van der Waals surface area contributed by atoms with Crippen LogP contribution in [-0.4, -0.2) is 22.5 Å². The number of carbonyl (C=O) groups is 1. The van der Waals surface area contributed by atoms with Gasteiger partial charge in [0.15, 0.2) is 5.69 Å². The van der Waals surface area contributed by atoms with Gasteiger partial charge in [0.05, 0.1) is 16.5 Å². The van der Waals surface area contributed by atoms with Crippen molar-refractivity contribution in [2.24, 2.45) is 0 Å². The first-order chi connectivity index (χ1) is 9.60.